The van der Waals surface area contributed by atoms with Crippen LogP contribution in [0, 0.1) is 6.92 Å². The summed E-state index contributed by atoms with van der Waals surface area (Å²) >= 11 is 1.15. The Kier molecular flexibility index (Phi) is 6.47. The molecule has 1 aromatic carbocycles. The average molecular weight is 503 g/mol. The van der Waals surface area contributed by atoms with Gasteiger partial charge in [0.25, 0.3) is 5.92 Å². The Morgan fingerprint density at radius 1 is 1.18 bits per heavy atom. The summed E-state index contributed by atoms with van der Waals surface area (Å²) in [5.41, 5.74) is 1.27. The van der Waals surface area contributed by atoms with Gasteiger partial charge >= 0.3 is 6.18 Å². The van der Waals surface area contributed by atoms with E-state index in [1.54, 1.807) is 36.4 Å². The molecule has 3 aromatic rings. The number of benzene rings is 1. The van der Waals surface area contributed by atoms with Crippen molar-refractivity contribution in [1.29, 1.82) is 0 Å². The molecular weight excluding hydrogens is 479 g/mol. The van der Waals surface area contributed by atoms with E-state index in [0.29, 0.717) is 27.9 Å². The number of carbonyl (C=O) groups is 1. The first kappa shape index (κ1) is 23.9. The van der Waals surface area contributed by atoms with E-state index in [4.69, 9.17) is 0 Å². The van der Waals surface area contributed by atoms with Crippen LogP contribution in [0.25, 0.3) is 0 Å². The van der Waals surface area contributed by atoms with Crippen LogP contribution in [-0.4, -0.2) is 51.1 Å². The van der Waals surface area contributed by atoms with Gasteiger partial charge < -0.3 is 10.2 Å². The van der Waals surface area contributed by atoms with Gasteiger partial charge in [-0.3, -0.25) is 9.89 Å². The van der Waals surface area contributed by atoms with E-state index in [0.717, 1.165) is 17.5 Å². The minimum atomic E-state index is -4.53. The van der Waals surface area contributed by atoms with Crippen LogP contribution in [0.3, 0.4) is 0 Å². The topological polar surface area (TPSA) is 86.8 Å². The van der Waals surface area contributed by atoms with Gasteiger partial charge in [0.15, 0.2) is 11.0 Å². The van der Waals surface area contributed by atoms with Crippen LogP contribution >= 0.6 is 11.8 Å². The lowest BCUT2D eigenvalue weighted by atomic mass is 10.1. The summed E-state index contributed by atoms with van der Waals surface area (Å²) in [5.74, 6) is -2.50. The summed E-state index contributed by atoms with van der Waals surface area (Å²) in [6.45, 7) is 0.929. The molecule has 7 nitrogen and oxygen atoms in total. The maximum Gasteiger partial charge on any atom is 0.395 e. The number of hydrogen-bond acceptors (Lipinski definition) is 7. The Balaban J connectivity index is 0.00000228. The molecule has 184 valence electrons. The van der Waals surface area contributed by atoms with Crippen LogP contribution in [-0.2, 0) is 11.2 Å². The van der Waals surface area contributed by atoms with E-state index in [9.17, 15) is 26.7 Å². The van der Waals surface area contributed by atoms with Crippen molar-refractivity contribution in [2.45, 2.75) is 41.9 Å². The maximum atomic E-state index is 13.4. The number of carbonyl (C=O) groups excluding carboxylic acids is 1. The molecule has 3 heterocycles. The summed E-state index contributed by atoms with van der Waals surface area (Å²) in [6.07, 6.45) is -6.32. The van der Waals surface area contributed by atoms with E-state index in [-0.39, 0.29) is 14.4 Å². The number of aryl methyl sites for hydroxylation is 1. The van der Waals surface area contributed by atoms with Crippen molar-refractivity contribution >= 4 is 35.0 Å². The number of nitrogens with zero attached hydrogens (tertiary/aromatic N) is 4. The van der Waals surface area contributed by atoms with Gasteiger partial charge in [-0.15, -0.1) is 0 Å². The molecule has 0 aliphatic carbocycles. The highest BCUT2D eigenvalue weighted by Crippen LogP contribution is 2.34. The third kappa shape index (κ3) is 6.43. The Morgan fingerprint density at radius 2 is 1.88 bits per heavy atom. The molecule has 0 amide bonds. The zero-order valence-electron chi connectivity index (χ0n) is 17.8. The maximum absolute atomic E-state index is 13.4. The van der Waals surface area contributed by atoms with E-state index in [1.165, 1.54) is 4.90 Å². The number of halogens is 5. The van der Waals surface area contributed by atoms with Crippen molar-refractivity contribution < 1.29 is 29.6 Å². The Labute approximate surface area is 198 Å². The Morgan fingerprint density at radius 3 is 2.47 bits per heavy atom. The first-order valence-electron chi connectivity index (χ1n) is 10.1. The average Bonchev–Trinajstić information content (AvgIpc) is 3.10. The number of nitrogens with one attached hydrogen (secondary N) is 2. The molecule has 1 aliphatic rings. The van der Waals surface area contributed by atoms with E-state index < -0.39 is 37.4 Å². The van der Waals surface area contributed by atoms with Crippen molar-refractivity contribution in [3.63, 3.8) is 0 Å². The minimum absolute atomic E-state index is 0. The fourth-order valence-electron chi connectivity index (χ4n) is 3.27. The predicted molar refractivity (Wildman–Crippen MR) is 120 cm³/mol. The van der Waals surface area contributed by atoms with E-state index in [1.807, 2.05) is 6.92 Å². The second kappa shape index (κ2) is 9.20. The molecule has 0 radical (unpaired) electrons. The van der Waals surface area contributed by atoms with Gasteiger partial charge in [-0.1, -0.05) is 12.1 Å². The second-order valence-electron chi connectivity index (χ2n) is 7.92. The van der Waals surface area contributed by atoms with E-state index in [2.05, 4.69) is 25.5 Å². The summed E-state index contributed by atoms with van der Waals surface area (Å²) in [6, 6.07) is 9.70. The second-order valence-corrected chi connectivity index (χ2v) is 8.96. The van der Waals surface area contributed by atoms with Crippen molar-refractivity contribution in [3.8, 4) is 0 Å². The van der Waals surface area contributed by atoms with Crippen molar-refractivity contribution in [2.75, 3.05) is 23.3 Å². The zero-order chi connectivity index (χ0) is 24.5. The van der Waals surface area contributed by atoms with Crippen LogP contribution < -0.4 is 10.2 Å². The van der Waals surface area contributed by atoms with Crippen molar-refractivity contribution in [2.24, 2.45) is 0 Å². The molecule has 13 heteroatoms. The Hall–Kier alpha value is -3.22. The highest BCUT2D eigenvalue weighted by atomic mass is 32.2. The molecule has 2 N–H and O–H groups in total. The van der Waals surface area contributed by atoms with E-state index >= 15 is 0 Å². The zero-order valence-corrected chi connectivity index (χ0v) is 18.6. The first-order valence-corrected chi connectivity index (χ1v) is 10.9. The molecule has 1 aliphatic heterocycles. The number of rotatable bonds is 8. The van der Waals surface area contributed by atoms with Crippen LogP contribution in [0.4, 0.5) is 39.4 Å². The standard InChI is InChI=1S/C21H19F5N6OS.2H2/c1-12-6-17(31-30-12)27-16-8-18(32-10-20(22,23)11-32)29-19(28-16)34-15-4-2-13(3-5-15)7-14(33)9-21(24,25)26;;/h2-6,8H,7,9-11H2,1H3,(H2,27,28,29,30,31);2*1H. The summed E-state index contributed by atoms with van der Waals surface area (Å²) < 4.78 is 63.8. The number of ketones is 1. The van der Waals surface area contributed by atoms with Crippen LogP contribution in [0.2, 0.25) is 0 Å². The van der Waals surface area contributed by atoms with Crippen LogP contribution in [0.5, 0.6) is 0 Å². The third-order valence-electron chi connectivity index (χ3n) is 4.75. The number of alkyl halides is 5. The lowest BCUT2D eigenvalue weighted by Crippen LogP contribution is -2.56. The van der Waals surface area contributed by atoms with Gasteiger partial charge in [-0.25, -0.2) is 18.7 Å². The number of H-pyrrole nitrogens is 1. The highest BCUT2D eigenvalue weighted by Gasteiger charge is 2.44. The molecular formula is C21H23F5N6OS. The molecule has 34 heavy (non-hydrogen) atoms. The van der Waals surface area contributed by atoms with Crippen LogP contribution in [0.15, 0.2) is 46.5 Å². The van der Waals surface area contributed by atoms with Gasteiger partial charge in [-0.2, -0.15) is 18.3 Å². The summed E-state index contributed by atoms with van der Waals surface area (Å²) in [5, 5.41) is 10.2. The van der Waals surface area contributed by atoms with Gasteiger partial charge in [0, 0.05) is 32.0 Å². The number of hydrogen-bond donors (Lipinski definition) is 2. The predicted octanol–water partition coefficient (Wildman–Crippen LogP) is 5.41. The third-order valence-corrected chi connectivity index (χ3v) is 5.63. The van der Waals surface area contributed by atoms with Gasteiger partial charge in [0.05, 0.1) is 13.1 Å². The number of aromatic nitrogens is 4. The van der Waals surface area contributed by atoms with Crippen molar-refractivity contribution in [3.05, 3.63) is 47.7 Å². The fraction of sp³-hybridized carbons (Fsp3) is 0.333. The molecule has 4 rings (SSSR count). The summed E-state index contributed by atoms with van der Waals surface area (Å²) in [7, 11) is 0. The number of Topliss-reactive ketones (excluding diaryl/α,β-unsaturated/α-hetero) is 1. The molecule has 0 atom stereocenters. The quantitative estimate of drug-likeness (QED) is 0.314. The highest BCUT2D eigenvalue weighted by molar-refractivity contribution is 7.99. The van der Waals surface area contributed by atoms with Gasteiger partial charge in [0.1, 0.15) is 23.8 Å². The first-order chi connectivity index (χ1) is 15.9. The normalized spacial score (nSPS) is 15.2. The van der Waals surface area contributed by atoms with Gasteiger partial charge in [0.2, 0.25) is 0 Å². The lowest BCUT2D eigenvalue weighted by Gasteiger charge is -2.39. The largest absolute Gasteiger partial charge is 0.395 e. The molecule has 0 bridgehead atoms. The molecule has 1 fully saturated rings. The molecule has 0 unspecified atom stereocenters. The SMILES string of the molecule is Cc1cc(Nc2cc(N3CC(F)(F)C3)nc(Sc3ccc(CC(=O)CC(F)(F)F)cc3)n2)n[nH]1.[HH].[HH]. The Bertz CT molecular complexity index is 1180. The molecule has 0 saturated carbocycles. The minimum Gasteiger partial charge on any atom is -0.344 e. The van der Waals surface area contributed by atoms with Crippen LogP contribution in [0.1, 0.15) is 20.5 Å². The molecule has 0 spiro atoms. The number of anilines is 3. The monoisotopic (exact) mass is 502 g/mol. The lowest BCUT2D eigenvalue weighted by molar-refractivity contribution is -0.151. The van der Waals surface area contributed by atoms with Gasteiger partial charge in [-0.05, 0) is 36.4 Å². The van der Waals surface area contributed by atoms with Crippen molar-refractivity contribution in [1.82, 2.24) is 20.2 Å². The smallest absolute Gasteiger partial charge is 0.344 e. The molecule has 1 saturated heterocycles. The summed E-state index contributed by atoms with van der Waals surface area (Å²) in [4.78, 5) is 22.4. The fourth-order valence-corrected chi connectivity index (χ4v) is 4.03. The molecule has 2 aromatic heterocycles. The number of aromatic amines is 1.